The van der Waals surface area contributed by atoms with Gasteiger partial charge < -0.3 is 5.11 Å². The summed E-state index contributed by atoms with van der Waals surface area (Å²) < 4.78 is 50.8. The minimum atomic E-state index is -4.57. The van der Waals surface area contributed by atoms with Crippen LogP contribution >= 0.6 is 11.6 Å². The van der Waals surface area contributed by atoms with Crippen molar-refractivity contribution in [2.45, 2.75) is 19.3 Å². The van der Waals surface area contributed by atoms with Crippen LogP contribution in [-0.4, -0.2) is 5.11 Å². The summed E-state index contributed by atoms with van der Waals surface area (Å²) in [5.41, 5.74) is -0.349. The summed E-state index contributed by atoms with van der Waals surface area (Å²) in [5, 5.41) is 16.8. The molecule has 0 bridgehead atoms. The Bertz CT molecular complexity index is 715. The standard InChI is InChI=1S/C15H11ClF4N2O/c16-13-6-11(15(18,19)20)5-10(14(13)23)8-22-21-7-9-1-3-12(17)4-2-9/h1-6,23H,7-8H2. The minimum absolute atomic E-state index is 0.0762. The van der Waals surface area contributed by atoms with E-state index in [9.17, 15) is 22.7 Å². The lowest BCUT2D eigenvalue weighted by Gasteiger charge is -2.10. The Morgan fingerprint density at radius 1 is 1.00 bits per heavy atom. The van der Waals surface area contributed by atoms with Crippen molar-refractivity contribution in [1.29, 1.82) is 0 Å². The van der Waals surface area contributed by atoms with Gasteiger partial charge in [0.25, 0.3) is 0 Å². The summed E-state index contributed by atoms with van der Waals surface area (Å²) in [5.74, 6) is -0.838. The van der Waals surface area contributed by atoms with Crippen LogP contribution in [0.3, 0.4) is 0 Å². The van der Waals surface area contributed by atoms with Crippen LogP contribution < -0.4 is 0 Å². The highest BCUT2D eigenvalue weighted by atomic mass is 35.5. The number of rotatable bonds is 4. The lowest BCUT2D eigenvalue weighted by molar-refractivity contribution is -0.137. The largest absolute Gasteiger partial charge is 0.506 e. The third-order valence-electron chi connectivity index (χ3n) is 2.98. The summed E-state index contributed by atoms with van der Waals surface area (Å²) in [4.78, 5) is 0. The van der Waals surface area contributed by atoms with Crippen LogP contribution in [0.4, 0.5) is 17.6 Å². The predicted octanol–water partition coefficient (Wildman–Crippen LogP) is 5.36. The van der Waals surface area contributed by atoms with Crippen LogP contribution in [0.5, 0.6) is 5.75 Å². The molecule has 2 aromatic carbocycles. The SMILES string of the molecule is Oc1c(Cl)cc(C(F)(F)F)cc1CN=NCc1ccc(F)cc1. The fourth-order valence-electron chi connectivity index (χ4n) is 1.79. The van der Waals surface area contributed by atoms with E-state index in [0.717, 1.165) is 6.07 Å². The number of phenolic OH excluding ortho intramolecular Hbond substituents is 1. The minimum Gasteiger partial charge on any atom is -0.506 e. The number of azo groups is 1. The zero-order chi connectivity index (χ0) is 17.0. The summed E-state index contributed by atoms with van der Waals surface area (Å²) >= 11 is 5.59. The van der Waals surface area contributed by atoms with Gasteiger partial charge >= 0.3 is 6.18 Å². The maximum absolute atomic E-state index is 12.7. The van der Waals surface area contributed by atoms with E-state index in [1.165, 1.54) is 24.3 Å². The molecule has 2 rings (SSSR count). The third kappa shape index (κ3) is 4.66. The van der Waals surface area contributed by atoms with Crippen molar-refractivity contribution in [1.82, 2.24) is 0 Å². The molecule has 0 heterocycles. The molecule has 0 radical (unpaired) electrons. The molecule has 122 valence electrons. The Kier molecular flexibility index (Phi) is 5.20. The normalized spacial score (nSPS) is 12.0. The van der Waals surface area contributed by atoms with E-state index < -0.39 is 22.5 Å². The van der Waals surface area contributed by atoms with Crippen molar-refractivity contribution in [3.05, 3.63) is 63.9 Å². The van der Waals surface area contributed by atoms with Crippen molar-refractivity contribution < 1.29 is 22.7 Å². The lowest BCUT2D eigenvalue weighted by Crippen LogP contribution is -2.05. The van der Waals surface area contributed by atoms with E-state index in [2.05, 4.69) is 10.2 Å². The molecule has 0 atom stereocenters. The summed E-state index contributed by atoms with van der Waals surface area (Å²) in [6.45, 7) is -0.107. The monoisotopic (exact) mass is 346 g/mol. The van der Waals surface area contributed by atoms with Gasteiger partial charge in [0, 0.05) is 5.56 Å². The summed E-state index contributed by atoms with van der Waals surface area (Å²) in [6, 6.07) is 7.00. The van der Waals surface area contributed by atoms with Crippen LogP contribution in [0.2, 0.25) is 5.02 Å². The molecule has 0 aromatic heterocycles. The highest BCUT2D eigenvalue weighted by molar-refractivity contribution is 6.32. The molecule has 0 saturated carbocycles. The number of nitrogens with zero attached hydrogens (tertiary/aromatic N) is 2. The molecule has 3 nitrogen and oxygen atoms in total. The van der Waals surface area contributed by atoms with Crippen LogP contribution in [0, 0.1) is 5.82 Å². The van der Waals surface area contributed by atoms with Crippen molar-refractivity contribution >= 4 is 11.6 Å². The van der Waals surface area contributed by atoms with Crippen molar-refractivity contribution in [3.8, 4) is 5.75 Å². The molecule has 0 saturated heterocycles. The Hall–Kier alpha value is -2.15. The van der Waals surface area contributed by atoms with E-state index >= 15 is 0 Å². The van der Waals surface area contributed by atoms with Gasteiger partial charge in [0.1, 0.15) is 11.6 Å². The number of hydrogen-bond donors (Lipinski definition) is 1. The van der Waals surface area contributed by atoms with Crippen molar-refractivity contribution in [3.63, 3.8) is 0 Å². The average molecular weight is 347 g/mol. The van der Waals surface area contributed by atoms with Gasteiger partial charge in [-0.2, -0.15) is 23.4 Å². The van der Waals surface area contributed by atoms with Gasteiger partial charge in [0.2, 0.25) is 0 Å². The molecule has 1 N–H and O–H groups in total. The fraction of sp³-hybridized carbons (Fsp3) is 0.200. The van der Waals surface area contributed by atoms with E-state index in [1.54, 1.807) is 0 Å². The van der Waals surface area contributed by atoms with Gasteiger partial charge in [-0.1, -0.05) is 23.7 Å². The molecule has 0 aliphatic heterocycles. The zero-order valence-electron chi connectivity index (χ0n) is 11.6. The first-order valence-corrected chi connectivity index (χ1v) is 6.81. The fourth-order valence-corrected chi connectivity index (χ4v) is 2.03. The molecule has 0 aliphatic carbocycles. The van der Waals surface area contributed by atoms with Gasteiger partial charge in [0.05, 0.1) is 23.7 Å². The summed E-state index contributed by atoms with van der Waals surface area (Å²) in [6.07, 6.45) is -4.57. The molecular weight excluding hydrogens is 336 g/mol. The first kappa shape index (κ1) is 17.2. The topological polar surface area (TPSA) is 45.0 Å². The third-order valence-corrected chi connectivity index (χ3v) is 3.27. The first-order valence-electron chi connectivity index (χ1n) is 6.43. The predicted molar refractivity (Wildman–Crippen MR) is 76.8 cm³/mol. The Labute approximate surface area is 134 Å². The van der Waals surface area contributed by atoms with Gasteiger partial charge in [-0.25, -0.2) is 4.39 Å². The Balaban J connectivity index is 2.09. The summed E-state index contributed by atoms with van der Waals surface area (Å²) in [7, 11) is 0. The maximum atomic E-state index is 12.7. The molecule has 8 heteroatoms. The van der Waals surface area contributed by atoms with Crippen molar-refractivity contribution in [2.24, 2.45) is 10.2 Å². The Morgan fingerprint density at radius 3 is 2.22 bits per heavy atom. The van der Waals surface area contributed by atoms with Gasteiger partial charge in [-0.3, -0.25) is 0 Å². The van der Waals surface area contributed by atoms with Gasteiger partial charge in [0.15, 0.2) is 0 Å². The van der Waals surface area contributed by atoms with Crippen LogP contribution in [-0.2, 0) is 19.3 Å². The van der Waals surface area contributed by atoms with Crippen LogP contribution in [0.15, 0.2) is 46.6 Å². The lowest BCUT2D eigenvalue weighted by atomic mass is 10.1. The highest BCUT2D eigenvalue weighted by Gasteiger charge is 2.32. The zero-order valence-corrected chi connectivity index (χ0v) is 12.4. The Morgan fingerprint density at radius 2 is 1.61 bits per heavy atom. The van der Waals surface area contributed by atoms with E-state index in [1.807, 2.05) is 0 Å². The van der Waals surface area contributed by atoms with E-state index in [4.69, 9.17) is 11.6 Å². The van der Waals surface area contributed by atoms with E-state index in [0.29, 0.717) is 11.6 Å². The molecule has 0 amide bonds. The number of hydrogen-bond acceptors (Lipinski definition) is 3. The first-order chi connectivity index (χ1) is 10.8. The second-order valence-corrected chi connectivity index (χ2v) is 5.10. The maximum Gasteiger partial charge on any atom is 0.416 e. The molecule has 23 heavy (non-hydrogen) atoms. The van der Waals surface area contributed by atoms with Gasteiger partial charge in [-0.05, 0) is 29.8 Å². The van der Waals surface area contributed by atoms with Crippen LogP contribution in [0.25, 0.3) is 0 Å². The molecule has 0 spiro atoms. The molecule has 2 aromatic rings. The number of phenols is 1. The highest BCUT2D eigenvalue weighted by Crippen LogP contribution is 2.37. The second kappa shape index (κ2) is 6.95. The molecular formula is C15H11ClF4N2O. The van der Waals surface area contributed by atoms with Crippen molar-refractivity contribution in [2.75, 3.05) is 0 Å². The number of benzene rings is 2. The average Bonchev–Trinajstić information content (AvgIpc) is 2.48. The molecule has 0 unspecified atom stereocenters. The van der Waals surface area contributed by atoms with E-state index in [-0.39, 0.29) is 24.5 Å². The molecule has 0 aliphatic rings. The number of halogens is 5. The second-order valence-electron chi connectivity index (χ2n) is 4.69. The van der Waals surface area contributed by atoms with Crippen LogP contribution in [0.1, 0.15) is 16.7 Å². The quantitative estimate of drug-likeness (QED) is 0.588. The number of aromatic hydroxyl groups is 1. The molecule has 0 fully saturated rings. The number of alkyl halides is 3. The smallest absolute Gasteiger partial charge is 0.416 e. The van der Waals surface area contributed by atoms with Gasteiger partial charge in [-0.15, -0.1) is 0 Å².